The standard InChI is InChI=1S/C28H34O3Si/c1-20-16-25(21(2)15-24(20)18-29)23-13-14-26(30-19-22-11-9-8-10-12-22)27(17-23)31-32(6,7)28(3,4)5/h8-18H,19H2,1-7H3. The molecule has 32 heavy (non-hydrogen) atoms. The second-order valence-corrected chi connectivity index (χ2v) is 14.7. The number of aldehydes is 1. The van der Waals surface area contributed by atoms with Gasteiger partial charge in [-0.2, -0.15) is 0 Å². The van der Waals surface area contributed by atoms with Crippen LogP contribution < -0.4 is 9.16 Å². The maximum absolute atomic E-state index is 11.3. The largest absolute Gasteiger partial charge is 0.541 e. The fourth-order valence-corrected chi connectivity index (χ4v) is 4.33. The van der Waals surface area contributed by atoms with Gasteiger partial charge in [0, 0.05) is 5.56 Å². The first-order chi connectivity index (χ1) is 15.0. The van der Waals surface area contributed by atoms with Gasteiger partial charge in [0.05, 0.1) is 0 Å². The molecule has 0 aliphatic rings. The van der Waals surface area contributed by atoms with Crippen molar-refractivity contribution in [3.8, 4) is 22.6 Å². The van der Waals surface area contributed by atoms with Gasteiger partial charge < -0.3 is 9.16 Å². The molecule has 0 amide bonds. The van der Waals surface area contributed by atoms with Crippen LogP contribution in [0.25, 0.3) is 11.1 Å². The zero-order chi connectivity index (χ0) is 23.5. The number of rotatable bonds is 7. The monoisotopic (exact) mass is 446 g/mol. The van der Waals surface area contributed by atoms with Crippen molar-refractivity contribution in [1.82, 2.24) is 0 Å². The van der Waals surface area contributed by atoms with Crippen LogP contribution in [0.15, 0.2) is 60.7 Å². The summed E-state index contributed by atoms with van der Waals surface area (Å²) >= 11 is 0. The Kier molecular flexibility index (Phi) is 6.94. The summed E-state index contributed by atoms with van der Waals surface area (Å²) in [6, 6.07) is 20.3. The van der Waals surface area contributed by atoms with E-state index in [4.69, 9.17) is 9.16 Å². The Hall–Kier alpha value is -2.85. The smallest absolute Gasteiger partial charge is 0.250 e. The molecule has 0 heterocycles. The highest BCUT2D eigenvalue weighted by molar-refractivity contribution is 6.74. The third kappa shape index (κ3) is 5.31. The number of hydrogen-bond donors (Lipinski definition) is 0. The average Bonchev–Trinajstić information content (AvgIpc) is 2.74. The van der Waals surface area contributed by atoms with Gasteiger partial charge in [-0.05, 0) is 78.0 Å². The molecule has 0 bridgehead atoms. The molecule has 0 unspecified atom stereocenters. The Balaban J connectivity index is 2.03. The summed E-state index contributed by atoms with van der Waals surface area (Å²) in [5, 5.41) is 0.0673. The van der Waals surface area contributed by atoms with Crippen LogP contribution in [0, 0.1) is 13.8 Å². The van der Waals surface area contributed by atoms with Crippen LogP contribution in [0.1, 0.15) is 47.8 Å². The number of carbonyl (C=O) groups excluding carboxylic acids is 1. The lowest BCUT2D eigenvalue weighted by atomic mass is 9.95. The summed E-state index contributed by atoms with van der Waals surface area (Å²) in [6.45, 7) is 15.7. The minimum absolute atomic E-state index is 0.0673. The van der Waals surface area contributed by atoms with Crippen LogP contribution >= 0.6 is 0 Å². The van der Waals surface area contributed by atoms with E-state index in [0.29, 0.717) is 6.61 Å². The molecular weight excluding hydrogens is 412 g/mol. The SMILES string of the molecule is Cc1cc(-c2ccc(OCc3ccccc3)c(O[Si](C)(C)C(C)(C)C)c2)c(C)cc1C=O. The predicted octanol–water partition coefficient (Wildman–Crippen LogP) is 7.75. The van der Waals surface area contributed by atoms with Gasteiger partial charge in [-0.1, -0.05) is 63.2 Å². The van der Waals surface area contributed by atoms with Gasteiger partial charge >= 0.3 is 0 Å². The quantitative estimate of drug-likeness (QED) is 0.275. The summed E-state index contributed by atoms with van der Waals surface area (Å²) in [6.07, 6.45) is 0.915. The third-order valence-electron chi connectivity index (χ3n) is 6.40. The van der Waals surface area contributed by atoms with E-state index >= 15 is 0 Å². The van der Waals surface area contributed by atoms with E-state index in [2.05, 4.69) is 64.2 Å². The molecule has 0 spiro atoms. The van der Waals surface area contributed by atoms with Gasteiger partial charge in [0.1, 0.15) is 18.6 Å². The first kappa shape index (κ1) is 23.8. The number of hydrogen-bond acceptors (Lipinski definition) is 3. The predicted molar refractivity (Wildman–Crippen MR) is 135 cm³/mol. The molecule has 0 fully saturated rings. The average molecular weight is 447 g/mol. The van der Waals surface area contributed by atoms with Gasteiger partial charge in [0.15, 0.2) is 5.75 Å². The summed E-state index contributed by atoms with van der Waals surface area (Å²) in [4.78, 5) is 11.3. The Bertz CT molecular complexity index is 1100. The molecule has 0 aliphatic carbocycles. The Morgan fingerprint density at radius 2 is 1.56 bits per heavy atom. The van der Waals surface area contributed by atoms with Gasteiger partial charge in [0.2, 0.25) is 0 Å². The molecule has 3 nitrogen and oxygen atoms in total. The molecule has 0 aromatic heterocycles. The fourth-order valence-electron chi connectivity index (χ4n) is 3.31. The van der Waals surface area contributed by atoms with Crippen molar-refractivity contribution < 1.29 is 14.0 Å². The summed E-state index contributed by atoms with van der Waals surface area (Å²) in [7, 11) is -2.07. The molecule has 0 aliphatic heterocycles. The van der Waals surface area contributed by atoms with Crippen molar-refractivity contribution in [2.24, 2.45) is 0 Å². The maximum Gasteiger partial charge on any atom is 0.250 e. The highest BCUT2D eigenvalue weighted by Gasteiger charge is 2.39. The molecule has 0 saturated heterocycles. The zero-order valence-corrected chi connectivity index (χ0v) is 21.3. The van der Waals surface area contributed by atoms with Gasteiger partial charge in [-0.3, -0.25) is 4.79 Å². The molecule has 0 saturated carbocycles. The molecule has 4 heteroatoms. The van der Waals surface area contributed by atoms with E-state index in [9.17, 15) is 4.79 Å². The second-order valence-electron chi connectivity index (χ2n) is 9.94. The highest BCUT2D eigenvalue weighted by Crippen LogP contribution is 2.42. The summed E-state index contributed by atoms with van der Waals surface area (Å²) in [5.41, 5.74) is 6.04. The lowest BCUT2D eigenvalue weighted by molar-refractivity contribution is 0.112. The molecule has 0 radical (unpaired) electrons. The molecule has 168 valence electrons. The van der Waals surface area contributed by atoms with Crippen LogP contribution in [-0.2, 0) is 6.61 Å². The first-order valence-corrected chi connectivity index (χ1v) is 14.0. The van der Waals surface area contributed by atoms with E-state index in [1.54, 1.807) is 0 Å². The van der Waals surface area contributed by atoms with Gasteiger partial charge in [0.25, 0.3) is 8.32 Å². The molecule has 3 rings (SSSR count). The zero-order valence-electron chi connectivity index (χ0n) is 20.3. The fraction of sp³-hybridized carbons (Fsp3) is 0.321. The molecule has 0 atom stereocenters. The van der Waals surface area contributed by atoms with Crippen molar-refractivity contribution in [2.75, 3.05) is 0 Å². The van der Waals surface area contributed by atoms with E-state index in [1.807, 2.05) is 44.2 Å². The molecule has 0 N–H and O–H groups in total. The van der Waals surface area contributed by atoms with Crippen molar-refractivity contribution in [3.05, 3.63) is 82.9 Å². The van der Waals surface area contributed by atoms with Crippen LogP contribution in [0.5, 0.6) is 11.5 Å². The van der Waals surface area contributed by atoms with E-state index in [-0.39, 0.29) is 5.04 Å². The number of aryl methyl sites for hydroxylation is 2. The summed E-state index contributed by atoms with van der Waals surface area (Å²) in [5.74, 6) is 1.53. The van der Waals surface area contributed by atoms with E-state index in [1.165, 1.54) is 0 Å². The number of benzene rings is 3. The van der Waals surface area contributed by atoms with Gasteiger partial charge in [-0.25, -0.2) is 0 Å². The van der Waals surface area contributed by atoms with Crippen molar-refractivity contribution in [2.45, 2.75) is 59.4 Å². The Morgan fingerprint density at radius 1 is 0.875 bits per heavy atom. The highest BCUT2D eigenvalue weighted by atomic mass is 28.4. The Morgan fingerprint density at radius 3 is 2.19 bits per heavy atom. The maximum atomic E-state index is 11.3. The topological polar surface area (TPSA) is 35.5 Å². The lowest BCUT2D eigenvalue weighted by Gasteiger charge is -2.37. The normalized spacial score (nSPS) is 11.8. The second kappa shape index (κ2) is 9.33. The van der Waals surface area contributed by atoms with Crippen LogP contribution in [0.4, 0.5) is 0 Å². The Labute approximate surface area is 193 Å². The van der Waals surface area contributed by atoms with Crippen LogP contribution in [0.3, 0.4) is 0 Å². The van der Waals surface area contributed by atoms with E-state index < -0.39 is 8.32 Å². The molecule has 3 aromatic carbocycles. The summed E-state index contributed by atoms with van der Waals surface area (Å²) < 4.78 is 12.9. The minimum Gasteiger partial charge on any atom is -0.541 e. The molecular formula is C28H34O3Si. The third-order valence-corrected chi connectivity index (χ3v) is 10.7. The van der Waals surface area contributed by atoms with Crippen molar-refractivity contribution in [1.29, 1.82) is 0 Å². The first-order valence-electron chi connectivity index (χ1n) is 11.1. The number of carbonyl (C=O) groups is 1. The van der Waals surface area contributed by atoms with Crippen LogP contribution in [0.2, 0.25) is 18.1 Å². The van der Waals surface area contributed by atoms with Crippen molar-refractivity contribution in [3.63, 3.8) is 0 Å². The lowest BCUT2D eigenvalue weighted by Crippen LogP contribution is -2.43. The minimum atomic E-state index is -2.07. The molecule has 3 aromatic rings. The number of ether oxygens (including phenoxy) is 1. The van der Waals surface area contributed by atoms with Crippen LogP contribution in [-0.4, -0.2) is 14.6 Å². The van der Waals surface area contributed by atoms with Crippen molar-refractivity contribution >= 4 is 14.6 Å². The van der Waals surface area contributed by atoms with E-state index in [0.717, 1.165) is 51.2 Å². The van der Waals surface area contributed by atoms with Gasteiger partial charge in [-0.15, -0.1) is 0 Å².